The van der Waals surface area contributed by atoms with Crippen LogP contribution in [0.5, 0.6) is 0 Å². The number of para-hydroxylation sites is 1. The minimum Gasteiger partial charge on any atom is -0.464 e. The van der Waals surface area contributed by atoms with Crippen molar-refractivity contribution in [1.82, 2.24) is 0 Å². The molecule has 0 saturated carbocycles. The van der Waals surface area contributed by atoms with Crippen LogP contribution in [0.2, 0.25) is 0 Å². The number of hydrogen-bond acceptors (Lipinski definition) is 1. The molecule has 0 aliphatic carbocycles. The van der Waals surface area contributed by atoms with Crippen LogP contribution in [0.25, 0.3) is 11.8 Å². The molecule has 3 heteroatoms. The van der Waals surface area contributed by atoms with E-state index in [9.17, 15) is 9.90 Å². The maximum atomic E-state index is 11.6. The SMILES string of the molecule is C=Cc1ccccc1C(=C)N(C(=O)O)c1ccccc1. The number of anilines is 1. The summed E-state index contributed by atoms with van der Waals surface area (Å²) in [7, 11) is 0. The normalized spacial score (nSPS) is 9.80. The molecule has 2 rings (SSSR count). The van der Waals surface area contributed by atoms with Gasteiger partial charge in [0.25, 0.3) is 0 Å². The van der Waals surface area contributed by atoms with E-state index in [1.54, 1.807) is 30.3 Å². The maximum absolute atomic E-state index is 11.6. The average Bonchev–Trinajstić information content (AvgIpc) is 2.48. The summed E-state index contributed by atoms with van der Waals surface area (Å²) in [5, 5.41) is 9.46. The molecule has 0 unspecified atom stereocenters. The molecule has 0 aliphatic heterocycles. The number of nitrogens with zero attached hydrogens (tertiary/aromatic N) is 1. The van der Waals surface area contributed by atoms with Crippen LogP contribution in [0.15, 0.2) is 67.8 Å². The van der Waals surface area contributed by atoms with Crippen molar-refractivity contribution >= 4 is 23.6 Å². The van der Waals surface area contributed by atoms with E-state index in [2.05, 4.69) is 13.2 Å². The highest BCUT2D eigenvalue weighted by Crippen LogP contribution is 2.27. The van der Waals surface area contributed by atoms with Gasteiger partial charge in [-0.3, -0.25) is 0 Å². The molecule has 0 radical (unpaired) electrons. The van der Waals surface area contributed by atoms with Gasteiger partial charge >= 0.3 is 6.09 Å². The minimum absolute atomic E-state index is 0.402. The summed E-state index contributed by atoms with van der Waals surface area (Å²) in [6.45, 7) is 7.67. The number of carboxylic acid groups (broad SMARTS) is 1. The van der Waals surface area contributed by atoms with Crippen molar-refractivity contribution in [2.24, 2.45) is 0 Å². The van der Waals surface area contributed by atoms with Crippen molar-refractivity contribution in [3.05, 3.63) is 78.9 Å². The van der Waals surface area contributed by atoms with Gasteiger partial charge in [-0.1, -0.05) is 61.7 Å². The monoisotopic (exact) mass is 265 g/mol. The Morgan fingerprint density at radius 3 is 2.25 bits per heavy atom. The molecule has 0 spiro atoms. The minimum atomic E-state index is -1.07. The number of benzene rings is 2. The van der Waals surface area contributed by atoms with E-state index in [4.69, 9.17) is 0 Å². The van der Waals surface area contributed by atoms with E-state index in [1.165, 1.54) is 4.90 Å². The van der Waals surface area contributed by atoms with Crippen LogP contribution < -0.4 is 4.90 Å². The second-order valence-corrected chi connectivity index (χ2v) is 4.19. The molecule has 0 heterocycles. The highest BCUT2D eigenvalue weighted by Gasteiger charge is 2.19. The number of amides is 1. The van der Waals surface area contributed by atoms with Crippen molar-refractivity contribution < 1.29 is 9.90 Å². The average molecular weight is 265 g/mol. The van der Waals surface area contributed by atoms with Gasteiger partial charge in [0.2, 0.25) is 0 Å². The Kier molecular flexibility index (Phi) is 4.01. The highest BCUT2D eigenvalue weighted by atomic mass is 16.4. The summed E-state index contributed by atoms with van der Waals surface area (Å²) in [6, 6.07) is 16.3. The van der Waals surface area contributed by atoms with E-state index in [-0.39, 0.29) is 0 Å². The molecule has 100 valence electrons. The molecule has 0 aliphatic rings. The predicted molar refractivity (Wildman–Crippen MR) is 82.5 cm³/mol. The van der Waals surface area contributed by atoms with E-state index >= 15 is 0 Å². The summed E-state index contributed by atoms with van der Waals surface area (Å²) < 4.78 is 0. The zero-order chi connectivity index (χ0) is 14.5. The van der Waals surface area contributed by atoms with Crippen LogP contribution in [-0.2, 0) is 0 Å². The fourth-order valence-corrected chi connectivity index (χ4v) is 2.02. The summed E-state index contributed by atoms with van der Waals surface area (Å²) >= 11 is 0. The largest absolute Gasteiger partial charge is 0.464 e. The first-order chi connectivity index (χ1) is 9.65. The first-order valence-electron chi connectivity index (χ1n) is 6.14. The standard InChI is InChI=1S/C17H15NO2/c1-3-14-9-7-8-12-16(14)13(2)18(17(19)20)15-10-5-4-6-11-15/h3-12H,1-2H2,(H,19,20). The van der Waals surface area contributed by atoms with Crippen LogP contribution in [0.3, 0.4) is 0 Å². The third kappa shape index (κ3) is 2.62. The molecule has 0 fully saturated rings. The summed E-state index contributed by atoms with van der Waals surface area (Å²) in [5.41, 5.74) is 2.55. The quantitative estimate of drug-likeness (QED) is 0.885. The van der Waals surface area contributed by atoms with Gasteiger partial charge in [-0.05, 0) is 17.7 Å². The van der Waals surface area contributed by atoms with Crippen LogP contribution in [0.1, 0.15) is 11.1 Å². The third-order valence-corrected chi connectivity index (χ3v) is 2.97. The van der Waals surface area contributed by atoms with Crippen LogP contribution in [-0.4, -0.2) is 11.2 Å². The molecule has 0 atom stereocenters. The Labute approximate surface area is 118 Å². The van der Waals surface area contributed by atoms with Crippen molar-refractivity contribution in [2.75, 3.05) is 4.90 Å². The molecule has 20 heavy (non-hydrogen) atoms. The predicted octanol–water partition coefficient (Wildman–Crippen LogP) is 4.48. The molecule has 0 aromatic heterocycles. The molecule has 1 amide bonds. The summed E-state index contributed by atoms with van der Waals surface area (Å²) in [5.74, 6) is 0. The van der Waals surface area contributed by atoms with Crippen molar-refractivity contribution in [3.8, 4) is 0 Å². The van der Waals surface area contributed by atoms with E-state index in [0.29, 0.717) is 11.4 Å². The van der Waals surface area contributed by atoms with Gasteiger partial charge < -0.3 is 5.11 Å². The summed E-state index contributed by atoms with van der Waals surface area (Å²) in [6.07, 6.45) is 0.617. The van der Waals surface area contributed by atoms with Crippen LogP contribution >= 0.6 is 0 Å². The van der Waals surface area contributed by atoms with Crippen LogP contribution in [0.4, 0.5) is 10.5 Å². The Bertz CT molecular complexity index is 647. The molecule has 1 N–H and O–H groups in total. The molecule has 2 aromatic carbocycles. The lowest BCUT2D eigenvalue weighted by molar-refractivity contribution is 0.205. The molecule has 2 aromatic rings. The lowest BCUT2D eigenvalue weighted by atomic mass is 10.0. The summed E-state index contributed by atoms with van der Waals surface area (Å²) in [4.78, 5) is 12.7. The zero-order valence-corrected chi connectivity index (χ0v) is 11.0. The van der Waals surface area contributed by atoms with E-state index in [1.807, 2.05) is 30.3 Å². The topological polar surface area (TPSA) is 40.5 Å². The van der Waals surface area contributed by atoms with Gasteiger partial charge in [-0.15, -0.1) is 0 Å². The van der Waals surface area contributed by atoms with Gasteiger partial charge in [-0.2, -0.15) is 0 Å². The van der Waals surface area contributed by atoms with Gasteiger partial charge in [0, 0.05) is 5.56 Å². The molecular weight excluding hydrogens is 250 g/mol. The molecular formula is C17H15NO2. The Morgan fingerprint density at radius 2 is 1.65 bits per heavy atom. The Hall–Kier alpha value is -2.81. The van der Waals surface area contributed by atoms with Gasteiger partial charge in [0.05, 0.1) is 11.4 Å². The second-order valence-electron chi connectivity index (χ2n) is 4.19. The smallest absolute Gasteiger partial charge is 0.416 e. The second kappa shape index (κ2) is 5.89. The van der Waals surface area contributed by atoms with E-state index < -0.39 is 6.09 Å². The molecule has 0 bridgehead atoms. The fraction of sp³-hybridized carbons (Fsp3) is 0. The number of carbonyl (C=O) groups is 1. The highest BCUT2D eigenvalue weighted by molar-refractivity contribution is 6.01. The molecule has 3 nitrogen and oxygen atoms in total. The zero-order valence-electron chi connectivity index (χ0n) is 11.0. The fourth-order valence-electron chi connectivity index (χ4n) is 2.02. The van der Waals surface area contributed by atoms with Crippen LogP contribution in [0, 0.1) is 0 Å². The van der Waals surface area contributed by atoms with Gasteiger partial charge in [-0.25, -0.2) is 9.69 Å². The lowest BCUT2D eigenvalue weighted by Crippen LogP contribution is -2.27. The number of hydrogen-bond donors (Lipinski definition) is 1. The Balaban J connectivity index is 2.48. The van der Waals surface area contributed by atoms with Gasteiger partial charge in [0.1, 0.15) is 0 Å². The van der Waals surface area contributed by atoms with Gasteiger partial charge in [0.15, 0.2) is 0 Å². The van der Waals surface area contributed by atoms with Crippen molar-refractivity contribution in [1.29, 1.82) is 0 Å². The number of rotatable bonds is 4. The first kappa shape index (κ1) is 13.6. The Morgan fingerprint density at radius 1 is 1.05 bits per heavy atom. The third-order valence-electron chi connectivity index (χ3n) is 2.97. The molecule has 0 saturated heterocycles. The maximum Gasteiger partial charge on any atom is 0.416 e. The van der Waals surface area contributed by atoms with E-state index in [0.717, 1.165) is 11.1 Å². The van der Waals surface area contributed by atoms with Crippen molar-refractivity contribution in [3.63, 3.8) is 0 Å². The lowest BCUT2D eigenvalue weighted by Gasteiger charge is -2.23. The van der Waals surface area contributed by atoms with Crippen molar-refractivity contribution in [2.45, 2.75) is 0 Å². The first-order valence-corrected chi connectivity index (χ1v) is 6.14.